The van der Waals surface area contributed by atoms with E-state index in [1.165, 1.54) is 36.9 Å². The molecule has 1 aromatic heterocycles. The molecule has 1 heterocycles. The molecule has 3 aromatic carbocycles. The van der Waals surface area contributed by atoms with Gasteiger partial charge in [-0.3, -0.25) is 0 Å². The van der Waals surface area contributed by atoms with Gasteiger partial charge >= 0.3 is 5.97 Å². The maximum atomic E-state index is 11.1. The van der Waals surface area contributed by atoms with Crippen LogP contribution in [0.3, 0.4) is 0 Å². The fraction of sp³-hybridized carbons (Fsp3) is 0.312. The fourth-order valence-corrected chi connectivity index (χ4v) is 6.25. The Morgan fingerprint density at radius 1 is 0.895 bits per heavy atom. The molecule has 1 fully saturated rings. The first-order valence-corrected chi connectivity index (χ1v) is 14.2. The van der Waals surface area contributed by atoms with Crippen LogP contribution < -0.4 is 9.80 Å². The van der Waals surface area contributed by atoms with E-state index < -0.39 is 5.97 Å². The van der Waals surface area contributed by atoms with E-state index in [9.17, 15) is 4.79 Å². The topological polar surface area (TPSA) is 56.7 Å². The Hall–Kier alpha value is -3.64. The summed E-state index contributed by atoms with van der Waals surface area (Å²) in [4.78, 5) is 20.4. The standard InChI is InChI=1S/C32H35N3O2S/c1-34(20-23-8-12-26(13-9-23)25-6-4-3-5-7-25)29-18-16-27(17-19-29)30-22-38-32(33-30)35(2)21-24-10-14-28(15-11-24)31(36)37/h3-7,10-11,14-19,22-23,26H,8-9,12-13,20-21H2,1-2H3,(H,36,37)/t23-,26+. The Bertz CT molecular complexity index is 1330. The lowest BCUT2D eigenvalue weighted by Gasteiger charge is -2.32. The molecule has 1 aliphatic rings. The van der Waals surface area contributed by atoms with E-state index in [0.717, 1.165) is 40.3 Å². The summed E-state index contributed by atoms with van der Waals surface area (Å²) in [5, 5.41) is 12.1. The maximum Gasteiger partial charge on any atom is 0.335 e. The molecule has 0 saturated heterocycles. The van der Waals surface area contributed by atoms with Crippen molar-refractivity contribution in [2.45, 2.75) is 38.1 Å². The predicted octanol–water partition coefficient (Wildman–Crippen LogP) is 7.55. The molecule has 0 radical (unpaired) electrons. The Labute approximate surface area is 229 Å². The molecule has 196 valence electrons. The van der Waals surface area contributed by atoms with E-state index in [0.29, 0.717) is 12.1 Å². The number of aromatic carboxylic acids is 1. The third-order valence-corrected chi connectivity index (χ3v) is 8.65. The summed E-state index contributed by atoms with van der Waals surface area (Å²) in [6.45, 7) is 1.77. The molecule has 1 saturated carbocycles. The third-order valence-electron chi connectivity index (χ3n) is 7.69. The number of anilines is 2. The first-order valence-electron chi connectivity index (χ1n) is 13.3. The van der Waals surface area contributed by atoms with E-state index >= 15 is 0 Å². The second-order valence-corrected chi connectivity index (χ2v) is 11.3. The molecule has 0 aliphatic heterocycles. The van der Waals surface area contributed by atoms with E-state index in [1.807, 2.05) is 19.2 Å². The van der Waals surface area contributed by atoms with Gasteiger partial charge in [-0.15, -0.1) is 11.3 Å². The van der Waals surface area contributed by atoms with Gasteiger partial charge in [0.05, 0.1) is 11.3 Å². The van der Waals surface area contributed by atoms with E-state index in [4.69, 9.17) is 10.1 Å². The van der Waals surface area contributed by atoms with Gasteiger partial charge in [0.15, 0.2) is 5.13 Å². The van der Waals surface area contributed by atoms with Gasteiger partial charge in [0.25, 0.3) is 0 Å². The van der Waals surface area contributed by atoms with Crippen LogP contribution in [0.15, 0.2) is 84.2 Å². The minimum atomic E-state index is -0.905. The molecule has 4 aromatic rings. The van der Waals surface area contributed by atoms with Crippen LogP contribution in [0.2, 0.25) is 0 Å². The average Bonchev–Trinajstić information content (AvgIpc) is 3.45. The Morgan fingerprint density at radius 2 is 1.58 bits per heavy atom. The van der Waals surface area contributed by atoms with Crippen molar-refractivity contribution < 1.29 is 9.90 Å². The van der Waals surface area contributed by atoms with Gasteiger partial charge in [-0.1, -0.05) is 54.6 Å². The van der Waals surface area contributed by atoms with Gasteiger partial charge in [0, 0.05) is 43.8 Å². The lowest BCUT2D eigenvalue weighted by Crippen LogP contribution is -2.28. The molecule has 0 spiro atoms. The zero-order chi connectivity index (χ0) is 26.5. The van der Waals surface area contributed by atoms with Gasteiger partial charge < -0.3 is 14.9 Å². The highest BCUT2D eigenvalue weighted by Gasteiger charge is 2.23. The minimum Gasteiger partial charge on any atom is -0.478 e. The van der Waals surface area contributed by atoms with Crippen LogP contribution in [0.4, 0.5) is 10.8 Å². The van der Waals surface area contributed by atoms with Gasteiger partial charge in [0.2, 0.25) is 0 Å². The Kier molecular flexibility index (Phi) is 8.08. The number of thiazole rings is 1. The van der Waals surface area contributed by atoms with Crippen LogP contribution in [0.5, 0.6) is 0 Å². The first kappa shape index (κ1) is 26.0. The lowest BCUT2D eigenvalue weighted by molar-refractivity contribution is 0.0697. The summed E-state index contributed by atoms with van der Waals surface area (Å²) in [7, 11) is 4.22. The van der Waals surface area contributed by atoms with Crippen molar-refractivity contribution in [3.8, 4) is 11.3 Å². The van der Waals surface area contributed by atoms with Crippen LogP contribution in [0, 0.1) is 5.92 Å². The monoisotopic (exact) mass is 525 g/mol. The van der Waals surface area contributed by atoms with E-state index in [1.54, 1.807) is 23.5 Å². The lowest BCUT2D eigenvalue weighted by atomic mass is 9.78. The van der Waals surface area contributed by atoms with Crippen molar-refractivity contribution in [3.63, 3.8) is 0 Å². The Morgan fingerprint density at radius 3 is 2.24 bits per heavy atom. The summed E-state index contributed by atoms with van der Waals surface area (Å²) in [5.41, 5.74) is 6.20. The second-order valence-electron chi connectivity index (χ2n) is 10.4. The average molecular weight is 526 g/mol. The number of nitrogens with zero attached hydrogens (tertiary/aromatic N) is 3. The molecule has 38 heavy (non-hydrogen) atoms. The number of rotatable bonds is 9. The number of hydrogen-bond donors (Lipinski definition) is 1. The normalized spacial score (nSPS) is 17.2. The number of benzene rings is 3. The van der Waals surface area contributed by atoms with Crippen molar-refractivity contribution in [1.29, 1.82) is 0 Å². The summed E-state index contributed by atoms with van der Waals surface area (Å²) < 4.78 is 0. The van der Waals surface area contributed by atoms with Crippen molar-refractivity contribution in [3.05, 3.63) is 101 Å². The molecule has 1 aliphatic carbocycles. The highest BCUT2D eigenvalue weighted by atomic mass is 32.1. The molecule has 0 unspecified atom stereocenters. The van der Waals surface area contributed by atoms with Crippen LogP contribution in [0.25, 0.3) is 11.3 Å². The molecule has 0 atom stereocenters. The Balaban J connectivity index is 1.14. The smallest absolute Gasteiger partial charge is 0.335 e. The van der Waals surface area contributed by atoms with Crippen molar-refractivity contribution >= 4 is 28.1 Å². The SMILES string of the molecule is CN(Cc1ccc(C(=O)O)cc1)c1nc(-c2ccc(N(C)C[C@H]3CC[C@@H](c4ccccc4)CC3)cc2)cs1. The summed E-state index contributed by atoms with van der Waals surface area (Å²) in [6, 6.07) is 26.7. The number of carbonyl (C=O) groups is 1. The fourth-order valence-electron chi connectivity index (χ4n) is 5.45. The second kappa shape index (κ2) is 11.8. The largest absolute Gasteiger partial charge is 0.478 e. The van der Waals surface area contributed by atoms with Crippen molar-refractivity contribution in [2.24, 2.45) is 5.92 Å². The molecular weight excluding hydrogens is 490 g/mol. The zero-order valence-electron chi connectivity index (χ0n) is 22.1. The predicted molar refractivity (Wildman–Crippen MR) is 157 cm³/mol. The molecule has 5 rings (SSSR count). The first-order chi connectivity index (χ1) is 18.5. The third kappa shape index (κ3) is 6.25. The minimum absolute atomic E-state index is 0.303. The van der Waals surface area contributed by atoms with E-state index in [2.05, 4.69) is 76.8 Å². The summed E-state index contributed by atoms with van der Waals surface area (Å²) in [5.74, 6) is 0.561. The number of hydrogen-bond acceptors (Lipinski definition) is 5. The van der Waals surface area contributed by atoms with Gasteiger partial charge in [0.1, 0.15) is 0 Å². The van der Waals surface area contributed by atoms with Crippen molar-refractivity contribution in [2.75, 3.05) is 30.4 Å². The summed E-state index contributed by atoms with van der Waals surface area (Å²) in [6.07, 6.45) is 5.16. The quantitative estimate of drug-likeness (QED) is 0.244. The van der Waals surface area contributed by atoms with Crippen LogP contribution in [-0.2, 0) is 6.54 Å². The van der Waals surface area contributed by atoms with Gasteiger partial charge in [-0.25, -0.2) is 9.78 Å². The number of aromatic nitrogens is 1. The van der Waals surface area contributed by atoms with Gasteiger partial charge in [-0.05, 0) is 72.9 Å². The zero-order valence-corrected chi connectivity index (χ0v) is 22.9. The maximum absolute atomic E-state index is 11.1. The number of carboxylic acid groups (broad SMARTS) is 1. The van der Waals surface area contributed by atoms with Crippen LogP contribution in [0.1, 0.15) is 53.1 Å². The molecule has 1 N–H and O–H groups in total. The number of carboxylic acids is 1. The van der Waals surface area contributed by atoms with Crippen molar-refractivity contribution in [1.82, 2.24) is 4.98 Å². The van der Waals surface area contributed by atoms with Crippen LogP contribution >= 0.6 is 11.3 Å². The summed E-state index contributed by atoms with van der Waals surface area (Å²) >= 11 is 1.62. The molecule has 0 amide bonds. The molecule has 6 heteroatoms. The van der Waals surface area contributed by atoms with E-state index in [-0.39, 0.29) is 0 Å². The molecule has 0 bridgehead atoms. The highest BCUT2D eigenvalue weighted by Crippen LogP contribution is 2.36. The molecule has 5 nitrogen and oxygen atoms in total. The highest BCUT2D eigenvalue weighted by molar-refractivity contribution is 7.14. The molecular formula is C32H35N3O2S. The van der Waals surface area contributed by atoms with Gasteiger partial charge in [-0.2, -0.15) is 0 Å². The van der Waals surface area contributed by atoms with Crippen LogP contribution in [-0.4, -0.2) is 36.7 Å².